The second-order valence-electron chi connectivity index (χ2n) is 6.53. The highest BCUT2D eigenvalue weighted by Crippen LogP contribution is 2.22. The standard InChI is InChI=1S/C22H21FN2O5S/c1-13-20(31-19(24-13)12-29-18-8-4-15(23)5-9-18)22(27)30-14(2)21(26)25-16-6-10-17(28-3)11-7-16/h4-11,14H,12H2,1-3H3,(H,25,26). The quantitative estimate of drug-likeness (QED) is 0.520. The van der Waals surface area contributed by atoms with E-state index in [1.165, 1.54) is 31.2 Å². The van der Waals surface area contributed by atoms with Crippen molar-refractivity contribution in [3.8, 4) is 11.5 Å². The third-order valence-electron chi connectivity index (χ3n) is 4.21. The predicted octanol–water partition coefficient (Wildman–Crippen LogP) is 4.36. The first kappa shape index (κ1) is 22.2. The first-order chi connectivity index (χ1) is 14.9. The lowest BCUT2D eigenvalue weighted by Gasteiger charge is -2.13. The van der Waals surface area contributed by atoms with Crippen LogP contribution in [0, 0.1) is 12.7 Å². The van der Waals surface area contributed by atoms with Crippen LogP contribution in [0.4, 0.5) is 10.1 Å². The predicted molar refractivity (Wildman–Crippen MR) is 114 cm³/mol. The van der Waals surface area contributed by atoms with Crippen LogP contribution in [0.3, 0.4) is 0 Å². The number of benzene rings is 2. The van der Waals surface area contributed by atoms with Gasteiger partial charge in [0.05, 0.1) is 12.8 Å². The van der Waals surface area contributed by atoms with E-state index in [0.29, 0.717) is 32.8 Å². The fraction of sp³-hybridized carbons (Fsp3) is 0.227. The molecule has 2 aromatic carbocycles. The molecule has 0 saturated heterocycles. The lowest BCUT2D eigenvalue weighted by molar-refractivity contribution is -0.123. The highest BCUT2D eigenvalue weighted by molar-refractivity contribution is 7.13. The number of methoxy groups -OCH3 is 1. The van der Waals surface area contributed by atoms with Crippen molar-refractivity contribution in [3.05, 3.63) is 69.9 Å². The third kappa shape index (κ3) is 6.02. The molecule has 3 rings (SSSR count). The monoisotopic (exact) mass is 444 g/mol. The van der Waals surface area contributed by atoms with Crippen LogP contribution in [0.5, 0.6) is 11.5 Å². The van der Waals surface area contributed by atoms with Crippen molar-refractivity contribution in [2.45, 2.75) is 26.6 Å². The van der Waals surface area contributed by atoms with E-state index >= 15 is 0 Å². The largest absolute Gasteiger partial charge is 0.497 e. The maximum atomic E-state index is 13.0. The van der Waals surface area contributed by atoms with Gasteiger partial charge in [0.15, 0.2) is 6.10 Å². The van der Waals surface area contributed by atoms with Crippen LogP contribution in [0.25, 0.3) is 0 Å². The minimum atomic E-state index is -1.00. The minimum absolute atomic E-state index is 0.123. The van der Waals surface area contributed by atoms with E-state index in [2.05, 4.69) is 10.3 Å². The number of aryl methyl sites for hydroxylation is 1. The minimum Gasteiger partial charge on any atom is -0.497 e. The van der Waals surface area contributed by atoms with E-state index in [-0.39, 0.29) is 12.4 Å². The van der Waals surface area contributed by atoms with Gasteiger partial charge < -0.3 is 19.5 Å². The molecule has 31 heavy (non-hydrogen) atoms. The van der Waals surface area contributed by atoms with Crippen LogP contribution in [-0.2, 0) is 16.1 Å². The Bertz CT molecular complexity index is 1050. The second-order valence-corrected chi connectivity index (χ2v) is 7.61. The van der Waals surface area contributed by atoms with E-state index in [1.807, 2.05) is 0 Å². The first-order valence-electron chi connectivity index (χ1n) is 9.36. The highest BCUT2D eigenvalue weighted by Gasteiger charge is 2.23. The molecular weight excluding hydrogens is 423 g/mol. The molecule has 0 aliphatic carbocycles. The van der Waals surface area contributed by atoms with Crippen molar-refractivity contribution in [2.24, 2.45) is 0 Å². The van der Waals surface area contributed by atoms with Gasteiger partial charge in [-0.1, -0.05) is 0 Å². The Morgan fingerprint density at radius 3 is 2.39 bits per heavy atom. The molecule has 1 aromatic heterocycles. The van der Waals surface area contributed by atoms with Gasteiger partial charge in [0.2, 0.25) is 0 Å². The Labute approximate surface area is 182 Å². The molecule has 1 unspecified atom stereocenters. The summed E-state index contributed by atoms with van der Waals surface area (Å²) >= 11 is 1.12. The number of ether oxygens (including phenoxy) is 3. The van der Waals surface area contributed by atoms with Gasteiger partial charge in [0, 0.05) is 5.69 Å². The van der Waals surface area contributed by atoms with Gasteiger partial charge in [-0.05, 0) is 62.4 Å². The summed E-state index contributed by atoms with van der Waals surface area (Å²) < 4.78 is 28.9. The normalized spacial score (nSPS) is 11.5. The summed E-state index contributed by atoms with van der Waals surface area (Å²) in [4.78, 5) is 29.4. The van der Waals surface area contributed by atoms with E-state index in [0.717, 1.165) is 11.3 Å². The summed E-state index contributed by atoms with van der Waals surface area (Å²) in [7, 11) is 1.55. The second kappa shape index (κ2) is 10.0. The molecule has 0 fully saturated rings. The average Bonchev–Trinajstić information content (AvgIpc) is 3.14. The van der Waals surface area contributed by atoms with Gasteiger partial charge in [-0.2, -0.15) is 0 Å². The maximum absolute atomic E-state index is 13.0. The Morgan fingerprint density at radius 2 is 1.74 bits per heavy atom. The van der Waals surface area contributed by atoms with Gasteiger partial charge in [-0.15, -0.1) is 11.3 Å². The van der Waals surface area contributed by atoms with Crippen molar-refractivity contribution in [2.75, 3.05) is 12.4 Å². The van der Waals surface area contributed by atoms with E-state index in [9.17, 15) is 14.0 Å². The topological polar surface area (TPSA) is 86.8 Å². The highest BCUT2D eigenvalue weighted by atomic mass is 32.1. The van der Waals surface area contributed by atoms with Gasteiger partial charge in [0.1, 0.15) is 33.8 Å². The number of hydrogen-bond donors (Lipinski definition) is 1. The molecule has 0 saturated carbocycles. The van der Waals surface area contributed by atoms with Crippen molar-refractivity contribution < 1.29 is 28.2 Å². The summed E-state index contributed by atoms with van der Waals surface area (Å²) in [6.45, 7) is 3.29. The fourth-order valence-electron chi connectivity index (χ4n) is 2.57. The number of aromatic nitrogens is 1. The Balaban J connectivity index is 1.56. The number of amides is 1. The smallest absolute Gasteiger partial charge is 0.351 e. The van der Waals surface area contributed by atoms with Gasteiger partial charge >= 0.3 is 5.97 Å². The molecule has 9 heteroatoms. The summed E-state index contributed by atoms with van der Waals surface area (Å²) in [6, 6.07) is 12.4. The molecule has 0 radical (unpaired) electrons. The van der Waals surface area contributed by atoms with Crippen LogP contribution in [-0.4, -0.2) is 30.1 Å². The summed E-state index contributed by atoms with van der Waals surface area (Å²) in [5.74, 6) is -0.298. The molecule has 1 N–H and O–H groups in total. The number of carbonyl (C=O) groups excluding carboxylic acids is 2. The zero-order chi connectivity index (χ0) is 22.4. The van der Waals surface area contributed by atoms with Gasteiger partial charge in [-0.25, -0.2) is 14.2 Å². The van der Waals surface area contributed by atoms with Crippen LogP contribution < -0.4 is 14.8 Å². The Hall–Kier alpha value is -3.46. The number of halogens is 1. The summed E-state index contributed by atoms with van der Waals surface area (Å²) in [6.07, 6.45) is -1.00. The van der Waals surface area contributed by atoms with Gasteiger partial charge in [-0.3, -0.25) is 4.79 Å². The van der Waals surface area contributed by atoms with Crippen molar-refractivity contribution in [3.63, 3.8) is 0 Å². The molecule has 1 atom stereocenters. The van der Waals surface area contributed by atoms with Gasteiger partial charge in [0.25, 0.3) is 5.91 Å². The van der Waals surface area contributed by atoms with Crippen LogP contribution in [0.15, 0.2) is 48.5 Å². The number of nitrogens with one attached hydrogen (secondary N) is 1. The zero-order valence-electron chi connectivity index (χ0n) is 17.2. The molecule has 0 bridgehead atoms. The fourth-order valence-corrected chi connectivity index (χ4v) is 3.43. The van der Waals surface area contributed by atoms with Crippen molar-refractivity contribution >= 4 is 28.9 Å². The third-order valence-corrected chi connectivity index (χ3v) is 5.32. The molecule has 1 heterocycles. The van der Waals surface area contributed by atoms with E-state index in [1.54, 1.807) is 38.3 Å². The lowest BCUT2D eigenvalue weighted by atomic mass is 10.3. The number of esters is 1. The number of nitrogens with zero attached hydrogens (tertiary/aromatic N) is 1. The molecule has 3 aromatic rings. The summed E-state index contributed by atoms with van der Waals surface area (Å²) in [5.41, 5.74) is 1.04. The number of anilines is 1. The van der Waals surface area contributed by atoms with Crippen LogP contribution >= 0.6 is 11.3 Å². The van der Waals surface area contributed by atoms with Crippen LogP contribution in [0.2, 0.25) is 0 Å². The Kier molecular flexibility index (Phi) is 7.19. The SMILES string of the molecule is COc1ccc(NC(=O)C(C)OC(=O)c2sc(COc3ccc(F)cc3)nc2C)cc1. The van der Waals surface area contributed by atoms with Crippen molar-refractivity contribution in [1.82, 2.24) is 4.98 Å². The lowest BCUT2D eigenvalue weighted by Crippen LogP contribution is -2.29. The van der Waals surface area contributed by atoms with E-state index < -0.39 is 18.0 Å². The first-order valence-corrected chi connectivity index (χ1v) is 10.2. The Morgan fingerprint density at radius 1 is 1.10 bits per heavy atom. The molecule has 0 aliphatic heterocycles. The molecular formula is C22H21FN2O5S. The zero-order valence-corrected chi connectivity index (χ0v) is 18.0. The number of carbonyl (C=O) groups is 2. The maximum Gasteiger partial charge on any atom is 0.351 e. The number of thiazole rings is 1. The van der Waals surface area contributed by atoms with E-state index in [4.69, 9.17) is 14.2 Å². The molecule has 1 amide bonds. The summed E-state index contributed by atoms with van der Waals surface area (Å²) in [5, 5.41) is 3.24. The number of rotatable bonds is 8. The average molecular weight is 444 g/mol. The van der Waals surface area contributed by atoms with Crippen molar-refractivity contribution in [1.29, 1.82) is 0 Å². The number of hydrogen-bond acceptors (Lipinski definition) is 7. The molecule has 0 spiro atoms. The molecule has 7 nitrogen and oxygen atoms in total. The molecule has 162 valence electrons. The van der Waals surface area contributed by atoms with Crippen LogP contribution in [0.1, 0.15) is 27.3 Å². The molecule has 0 aliphatic rings.